The second kappa shape index (κ2) is 7.09. The van der Waals surface area contributed by atoms with Gasteiger partial charge in [-0.2, -0.15) is 5.10 Å². The molecule has 0 saturated heterocycles. The predicted octanol–water partition coefficient (Wildman–Crippen LogP) is 4.75. The fraction of sp³-hybridized carbons (Fsp3) is 0.278. The molecule has 0 bridgehead atoms. The van der Waals surface area contributed by atoms with Crippen LogP contribution in [0.2, 0.25) is 0 Å². The number of hydrogen-bond donors (Lipinski definition) is 0. The van der Waals surface area contributed by atoms with Crippen LogP contribution in [0.25, 0.3) is 5.69 Å². The highest BCUT2D eigenvalue weighted by Gasteiger charge is 2.18. The third-order valence-corrected chi connectivity index (χ3v) is 4.85. The first-order valence-electron chi connectivity index (χ1n) is 7.75. The number of rotatable bonds is 4. The number of thiazole rings is 1. The molecule has 3 aromatic rings. The van der Waals surface area contributed by atoms with Gasteiger partial charge in [0.2, 0.25) is 0 Å². The molecule has 2 aromatic heterocycles. The zero-order chi connectivity index (χ0) is 18.0. The number of hydrogen-bond acceptors (Lipinski definition) is 5. The summed E-state index contributed by atoms with van der Waals surface area (Å²) in [6, 6.07) is 7.68. The SMILES string of the molecule is CC(C)(C)c1csc(COC(=O)c2cnn(-c3cccc(Br)c3)c2)n1. The van der Waals surface area contributed by atoms with E-state index in [2.05, 4.69) is 46.8 Å². The highest BCUT2D eigenvalue weighted by molar-refractivity contribution is 9.10. The van der Waals surface area contributed by atoms with Gasteiger partial charge in [0, 0.05) is 21.5 Å². The van der Waals surface area contributed by atoms with E-state index >= 15 is 0 Å². The Labute approximate surface area is 158 Å². The van der Waals surface area contributed by atoms with Crippen LogP contribution in [0.3, 0.4) is 0 Å². The summed E-state index contributed by atoms with van der Waals surface area (Å²) < 4.78 is 7.95. The standard InChI is InChI=1S/C18H18BrN3O2S/c1-18(2,3)15-11-25-16(21-15)10-24-17(23)12-8-20-22(9-12)14-6-4-5-13(19)7-14/h4-9,11H,10H2,1-3H3. The molecule has 0 aliphatic heterocycles. The lowest BCUT2D eigenvalue weighted by Crippen LogP contribution is -2.12. The quantitative estimate of drug-likeness (QED) is 0.572. The van der Waals surface area contributed by atoms with Crippen LogP contribution in [0.1, 0.15) is 41.8 Å². The van der Waals surface area contributed by atoms with Gasteiger partial charge >= 0.3 is 5.97 Å². The number of carbonyl (C=O) groups is 1. The number of nitrogens with zero attached hydrogens (tertiary/aromatic N) is 3. The van der Waals surface area contributed by atoms with Gasteiger partial charge in [0.05, 0.1) is 23.1 Å². The zero-order valence-corrected chi connectivity index (χ0v) is 16.6. The van der Waals surface area contributed by atoms with Crippen molar-refractivity contribution in [3.05, 3.63) is 62.8 Å². The lowest BCUT2D eigenvalue weighted by molar-refractivity contribution is 0.0472. The molecule has 7 heteroatoms. The number of carbonyl (C=O) groups excluding carboxylic acids is 1. The Morgan fingerprint density at radius 1 is 1.36 bits per heavy atom. The molecule has 130 valence electrons. The van der Waals surface area contributed by atoms with Crippen LogP contribution < -0.4 is 0 Å². The average Bonchev–Trinajstić information content (AvgIpc) is 3.21. The van der Waals surface area contributed by atoms with E-state index in [-0.39, 0.29) is 12.0 Å². The van der Waals surface area contributed by atoms with Crippen LogP contribution in [-0.2, 0) is 16.8 Å². The summed E-state index contributed by atoms with van der Waals surface area (Å²) in [5.41, 5.74) is 2.27. The minimum Gasteiger partial charge on any atom is -0.455 e. The Hall–Kier alpha value is -1.99. The first-order valence-corrected chi connectivity index (χ1v) is 9.43. The molecule has 0 N–H and O–H groups in total. The lowest BCUT2D eigenvalue weighted by Gasteiger charge is -2.14. The Morgan fingerprint density at radius 2 is 2.16 bits per heavy atom. The van der Waals surface area contributed by atoms with E-state index in [0.29, 0.717) is 5.56 Å². The average molecular weight is 420 g/mol. The largest absolute Gasteiger partial charge is 0.455 e. The molecule has 0 radical (unpaired) electrons. The maximum Gasteiger partial charge on any atom is 0.341 e. The monoisotopic (exact) mass is 419 g/mol. The minimum atomic E-state index is -0.409. The Bertz CT molecular complexity index is 896. The molecule has 3 rings (SSSR count). The number of ether oxygens (including phenoxy) is 1. The van der Waals surface area contributed by atoms with Gasteiger partial charge in [0.15, 0.2) is 0 Å². The van der Waals surface area contributed by atoms with Crippen molar-refractivity contribution in [3.63, 3.8) is 0 Å². The van der Waals surface area contributed by atoms with Crippen LogP contribution in [0.4, 0.5) is 0 Å². The van der Waals surface area contributed by atoms with Crippen molar-refractivity contribution >= 4 is 33.2 Å². The van der Waals surface area contributed by atoms with Crippen LogP contribution in [-0.4, -0.2) is 20.7 Å². The van der Waals surface area contributed by atoms with E-state index in [4.69, 9.17) is 4.74 Å². The maximum absolute atomic E-state index is 12.2. The second-order valence-corrected chi connectivity index (χ2v) is 8.46. The molecule has 0 aliphatic carbocycles. The van der Waals surface area contributed by atoms with Crippen molar-refractivity contribution < 1.29 is 9.53 Å². The number of aromatic nitrogens is 3. The Morgan fingerprint density at radius 3 is 2.84 bits per heavy atom. The molecule has 0 aliphatic rings. The molecule has 0 atom stereocenters. The molecule has 5 nitrogen and oxygen atoms in total. The van der Waals surface area contributed by atoms with Gasteiger partial charge in [-0.25, -0.2) is 14.5 Å². The minimum absolute atomic E-state index is 0.0101. The molecule has 25 heavy (non-hydrogen) atoms. The summed E-state index contributed by atoms with van der Waals surface area (Å²) in [7, 11) is 0. The van der Waals surface area contributed by atoms with E-state index in [1.165, 1.54) is 17.5 Å². The highest BCUT2D eigenvalue weighted by atomic mass is 79.9. The van der Waals surface area contributed by atoms with Crippen molar-refractivity contribution in [3.8, 4) is 5.69 Å². The van der Waals surface area contributed by atoms with Gasteiger partial charge < -0.3 is 4.74 Å². The van der Waals surface area contributed by atoms with Crippen LogP contribution in [0, 0.1) is 0 Å². The molecule has 0 saturated carbocycles. The van der Waals surface area contributed by atoms with Crippen molar-refractivity contribution in [2.24, 2.45) is 0 Å². The highest BCUT2D eigenvalue weighted by Crippen LogP contribution is 2.24. The molecular formula is C18H18BrN3O2S. The van der Waals surface area contributed by atoms with Gasteiger partial charge in [-0.3, -0.25) is 0 Å². The molecule has 0 unspecified atom stereocenters. The summed E-state index contributed by atoms with van der Waals surface area (Å²) >= 11 is 4.93. The molecule has 1 aromatic carbocycles. The maximum atomic E-state index is 12.2. The molecule has 2 heterocycles. The van der Waals surface area contributed by atoms with Gasteiger partial charge in [-0.05, 0) is 18.2 Å². The fourth-order valence-corrected chi connectivity index (χ4v) is 3.44. The number of benzene rings is 1. The Kier molecular flexibility index (Phi) is 5.06. The molecular weight excluding hydrogens is 402 g/mol. The van der Waals surface area contributed by atoms with Gasteiger partial charge in [-0.1, -0.05) is 42.8 Å². The van der Waals surface area contributed by atoms with E-state index in [0.717, 1.165) is 20.9 Å². The van der Waals surface area contributed by atoms with Gasteiger partial charge in [0.1, 0.15) is 11.6 Å². The summed E-state index contributed by atoms with van der Waals surface area (Å²) in [4.78, 5) is 16.8. The third-order valence-electron chi connectivity index (χ3n) is 3.54. The molecule has 0 amide bonds. The number of halogens is 1. The summed E-state index contributed by atoms with van der Waals surface area (Å²) in [6.07, 6.45) is 3.16. The van der Waals surface area contributed by atoms with Gasteiger partial charge in [0.25, 0.3) is 0 Å². The first-order chi connectivity index (χ1) is 11.8. The van der Waals surface area contributed by atoms with Crippen molar-refractivity contribution in [1.82, 2.24) is 14.8 Å². The van der Waals surface area contributed by atoms with Crippen molar-refractivity contribution in [2.75, 3.05) is 0 Å². The zero-order valence-electron chi connectivity index (χ0n) is 14.2. The topological polar surface area (TPSA) is 57.0 Å². The third kappa shape index (κ3) is 4.35. The normalized spacial score (nSPS) is 11.5. The van der Waals surface area contributed by atoms with Crippen LogP contribution in [0.5, 0.6) is 0 Å². The van der Waals surface area contributed by atoms with Crippen molar-refractivity contribution in [1.29, 1.82) is 0 Å². The predicted molar refractivity (Wildman–Crippen MR) is 101 cm³/mol. The van der Waals surface area contributed by atoms with Crippen LogP contribution >= 0.6 is 27.3 Å². The van der Waals surface area contributed by atoms with Gasteiger partial charge in [-0.15, -0.1) is 11.3 Å². The smallest absolute Gasteiger partial charge is 0.341 e. The summed E-state index contributed by atoms with van der Waals surface area (Å²) in [6.45, 7) is 6.48. The lowest BCUT2D eigenvalue weighted by atomic mass is 9.93. The second-order valence-electron chi connectivity index (χ2n) is 6.61. The van der Waals surface area contributed by atoms with E-state index in [1.807, 2.05) is 29.6 Å². The van der Waals surface area contributed by atoms with E-state index in [9.17, 15) is 4.79 Å². The van der Waals surface area contributed by atoms with Crippen LogP contribution in [0.15, 0.2) is 46.5 Å². The number of esters is 1. The van der Waals surface area contributed by atoms with E-state index < -0.39 is 5.97 Å². The van der Waals surface area contributed by atoms with Crippen molar-refractivity contribution in [2.45, 2.75) is 32.8 Å². The summed E-state index contributed by atoms with van der Waals surface area (Å²) in [5, 5.41) is 7.02. The van der Waals surface area contributed by atoms with E-state index in [1.54, 1.807) is 10.9 Å². The fourth-order valence-electron chi connectivity index (χ4n) is 2.12. The Balaban J connectivity index is 1.65. The first kappa shape index (κ1) is 17.8. The molecule has 0 fully saturated rings. The summed E-state index contributed by atoms with van der Waals surface area (Å²) in [5.74, 6) is -0.409. The molecule has 0 spiro atoms.